The standard InChI is InChI=1S/C21H17N3O4/c22-20(25)16-10-4-5-11-18(16)27-13-7-6-12-23-21(26)17-14-19(28-24-17)15-8-2-1-3-9-15/h1-5,8-11,14H,12-13H2,(H2,22,25)(H,23,26). The number of rotatable bonds is 6. The molecule has 0 spiro atoms. The second-order valence-electron chi connectivity index (χ2n) is 5.63. The van der Waals surface area contributed by atoms with Crippen molar-refractivity contribution in [2.45, 2.75) is 0 Å². The minimum Gasteiger partial charge on any atom is -0.480 e. The average molecular weight is 375 g/mol. The Morgan fingerprint density at radius 1 is 1.07 bits per heavy atom. The Labute approximate surface area is 161 Å². The smallest absolute Gasteiger partial charge is 0.274 e. The molecule has 1 aromatic heterocycles. The van der Waals surface area contributed by atoms with Crippen molar-refractivity contribution in [1.82, 2.24) is 10.5 Å². The van der Waals surface area contributed by atoms with Gasteiger partial charge in [0.2, 0.25) is 0 Å². The minimum absolute atomic E-state index is 0.0578. The first-order chi connectivity index (χ1) is 13.6. The van der Waals surface area contributed by atoms with E-state index >= 15 is 0 Å². The number of nitrogens with zero attached hydrogens (tertiary/aromatic N) is 1. The Bertz CT molecular complexity index is 1030. The molecule has 1 heterocycles. The number of para-hydroxylation sites is 1. The summed E-state index contributed by atoms with van der Waals surface area (Å²) in [5, 5.41) is 6.40. The molecule has 0 radical (unpaired) electrons. The van der Waals surface area contributed by atoms with Gasteiger partial charge in [0, 0.05) is 11.6 Å². The Morgan fingerprint density at radius 3 is 2.61 bits per heavy atom. The van der Waals surface area contributed by atoms with Crippen molar-refractivity contribution in [3.8, 4) is 28.9 Å². The molecule has 0 saturated carbocycles. The van der Waals surface area contributed by atoms with Gasteiger partial charge in [-0.2, -0.15) is 0 Å². The Kier molecular flexibility index (Phi) is 6.06. The molecule has 0 aliphatic rings. The molecule has 3 aromatic rings. The van der Waals surface area contributed by atoms with Crippen molar-refractivity contribution in [1.29, 1.82) is 0 Å². The second-order valence-corrected chi connectivity index (χ2v) is 5.63. The fraction of sp³-hybridized carbons (Fsp3) is 0.0952. The summed E-state index contributed by atoms with van der Waals surface area (Å²) in [6.07, 6.45) is 0. The number of hydrogen-bond acceptors (Lipinski definition) is 5. The lowest BCUT2D eigenvalue weighted by atomic mass is 10.1. The van der Waals surface area contributed by atoms with Crippen molar-refractivity contribution in [3.63, 3.8) is 0 Å². The van der Waals surface area contributed by atoms with E-state index in [1.165, 1.54) is 0 Å². The van der Waals surface area contributed by atoms with Crippen LogP contribution in [0, 0.1) is 11.8 Å². The highest BCUT2D eigenvalue weighted by Crippen LogP contribution is 2.19. The number of benzene rings is 2. The van der Waals surface area contributed by atoms with Gasteiger partial charge in [0.15, 0.2) is 11.5 Å². The van der Waals surface area contributed by atoms with E-state index < -0.39 is 5.91 Å². The van der Waals surface area contributed by atoms with Gasteiger partial charge in [0.05, 0.1) is 12.1 Å². The highest BCUT2D eigenvalue weighted by molar-refractivity contribution is 5.95. The van der Waals surface area contributed by atoms with Gasteiger partial charge in [-0.25, -0.2) is 0 Å². The summed E-state index contributed by atoms with van der Waals surface area (Å²) in [6.45, 7) is 0.176. The predicted octanol–water partition coefficient (Wildman–Crippen LogP) is 2.25. The van der Waals surface area contributed by atoms with Crippen LogP contribution in [-0.2, 0) is 0 Å². The summed E-state index contributed by atoms with van der Waals surface area (Å²) in [6, 6.07) is 17.6. The maximum absolute atomic E-state index is 12.1. The Balaban J connectivity index is 1.48. The zero-order chi connectivity index (χ0) is 19.8. The number of carbonyl (C=O) groups is 2. The summed E-state index contributed by atoms with van der Waals surface area (Å²) in [5.41, 5.74) is 6.58. The van der Waals surface area contributed by atoms with Crippen molar-refractivity contribution in [3.05, 3.63) is 71.9 Å². The molecule has 0 unspecified atom stereocenters. The minimum atomic E-state index is -0.571. The van der Waals surface area contributed by atoms with Crippen LogP contribution in [0.1, 0.15) is 20.8 Å². The highest BCUT2D eigenvalue weighted by atomic mass is 16.5. The van der Waals surface area contributed by atoms with Crippen molar-refractivity contribution >= 4 is 11.8 Å². The zero-order valence-electron chi connectivity index (χ0n) is 14.8. The van der Waals surface area contributed by atoms with E-state index in [1.54, 1.807) is 30.3 Å². The third-order valence-corrected chi connectivity index (χ3v) is 3.72. The zero-order valence-corrected chi connectivity index (χ0v) is 14.8. The topological polar surface area (TPSA) is 107 Å². The molecule has 0 saturated heterocycles. The largest absolute Gasteiger partial charge is 0.480 e. The van der Waals surface area contributed by atoms with E-state index in [1.807, 2.05) is 30.3 Å². The third-order valence-electron chi connectivity index (χ3n) is 3.72. The maximum Gasteiger partial charge on any atom is 0.274 e. The molecule has 7 heteroatoms. The maximum atomic E-state index is 12.1. The first-order valence-corrected chi connectivity index (χ1v) is 8.43. The molecule has 7 nitrogen and oxygen atoms in total. The molecular formula is C21H17N3O4. The van der Waals surface area contributed by atoms with Gasteiger partial charge in [-0.1, -0.05) is 59.5 Å². The molecule has 140 valence electrons. The number of amides is 2. The fourth-order valence-corrected chi connectivity index (χ4v) is 2.36. The lowest BCUT2D eigenvalue weighted by Gasteiger charge is -2.05. The van der Waals surface area contributed by atoms with Crippen LogP contribution in [0.2, 0.25) is 0 Å². The monoisotopic (exact) mass is 375 g/mol. The van der Waals surface area contributed by atoms with E-state index in [2.05, 4.69) is 22.3 Å². The predicted molar refractivity (Wildman–Crippen MR) is 103 cm³/mol. The number of carbonyl (C=O) groups excluding carboxylic acids is 2. The molecule has 2 aromatic carbocycles. The molecule has 0 bridgehead atoms. The van der Waals surface area contributed by atoms with Gasteiger partial charge in [-0.3, -0.25) is 9.59 Å². The first-order valence-electron chi connectivity index (χ1n) is 8.43. The van der Waals surface area contributed by atoms with Crippen LogP contribution in [-0.4, -0.2) is 30.1 Å². The summed E-state index contributed by atoms with van der Waals surface area (Å²) < 4.78 is 10.6. The van der Waals surface area contributed by atoms with Crippen LogP contribution in [0.25, 0.3) is 11.3 Å². The molecule has 28 heavy (non-hydrogen) atoms. The molecule has 2 amide bonds. The van der Waals surface area contributed by atoms with Gasteiger partial charge >= 0.3 is 0 Å². The highest BCUT2D eigenvalue weighted by Gasteiger charge is 2.12. The number of primary amides is 1. The summed E-state index contributed by atoms with van der Waals surface area (Å²) in [7, 11) is 0. The molecule has 3 N–H and O–H groups in total. The van der Waals surface area contributed by atoms with E-state index in [0.717, 1.165) is 5.56 Å². The third kappa shape index (κ3) is 4.77. The van der Waals surface area contributed by atoms with Crippen LogP contribution < -0.4 is 15.8 Å². The molecule has 0 aliphatic carbocycles. The summed E-state index contributed by atoms with van der Waals surface area (Å²) in [4.78, 5) is 23.4. The van der Waals surface area contributed by atoms with Crippen LogP contribution >= 0.6 is 0 Å². The van der Waals surface area contributed by atoms with Gasteiger partial charge in [0.1, 0.15) is 12.4 Å². The quantitative estimate of drug-likeness (QED) is 0.643. The first kappa shape index (κ1) is 18.7. The summed E-state index contributed by atoms with van der Waals surface area (Å²) in [5.74, 6) is 5.43. The van der Waals surface area contributed by atoms with Gasteiger partial charge in [-0.05, 0) is 12.1 Å². The fourth-order valence-electron chi connectivity index (χ4n) is 2.36. The molecule has 3 rings (SSSR count). The van der Waals surface area contributed by atoms with E-state index in [4.69, 9.17) is 15.0 Å². The van der Waals surface area contributed by atoms with Crippen LogP contribution in [0.15, 0.2) is 65.2 Å². The molecule has 0 fully saturated rings. The number of nitrogens with one attached hydrogen (secondary N) is 1. The molecule has 0 atom stereocenters. The van der Waals surface area contributed by atoms with E-state index in [0.29, 0.717) is 11.5 Å². The van der Waals surface area contributed by atoms with Crippen molar-refractivity contribution < 1.29 is 18.8 Å². The van der Waals surface area contributed by atoms with E-state index in [9.17, 15) is 9.59 Å². The normalized spacial score (nSPS) is 9.86. The lowest BCUT2D eigenvalue weighted by molar-refractivity contribution is 0.0948. The number of nitrogens with two attached hydrogens (primary N) is 1. The van der Waals surface area contributed by atoms with Crippen LogP contribution in [0.4, 0.5) is 0 Å². The van der Waals surface area contributed by atoms with Crippen LogP contribution in [0.5, 0.6) is 5.75 Å². The van der Waals surface area contributed by atoms with Gasteiger partial charge in [-0.15, -0.1) is 0 Å². The van der Waals surface area contributed by atoms with Crippen molar-refractivity contribution in [2.75, 3.05) is 13.2 Å². The Hall–Kier alpha value is -4.05. The molecular weight excluding hydrogens is 358 g/mol. The van der Waals surface area contributed by atoms with Crippen LogP contribution in [0.3, 0.4) is 0 Å². The number of ether oxygens (including phenoxy) is 1. The van der Waals surface area contributed by atoms with Crippen molar-refractivity contribution in [2.24, 2.45) is 5.73 Å². The lowest BCUT2D eigenvalue weighted by Crippen LogP contribution is -2.23. The van der Waals surface area contributed by atoms with Gasteiger partial charge < -0.3 is 20.3 Å². The SMILES string of the molecule is NC(=O)c1ccccc1OCC#CCNC(=O)c1cc(-c2ccccc2)on1. The van der Waals surface area contributed by atoms with E-state index in [-0.39, 0.29) is 30.3 Å². The number of aromatic nitrogens is 1. The molecule has 0 aliphatic heterocycles. The van der Waals surface area contributed by atoms with Gasteiger partial charge in [0.25, 0.3) is 11.8 Å². The average Bonchev–Trinajstić information content (AvgIpc) is 3.21. The summed E-state index contributed by atoms with van der Waals surface area (Å²) >= 11 is 0. The second kappa shape index (κ2) is 9.05. The Morgan fingerprint density at radius 2 is 1.82 bits per heavy atom. The number of hydrogen-bond donors (Lipinski definition) is 2.